The molecule has 0 spiro atoms. The molecule has 2 fully saturated rings. The molecule has 0 aliphatic carbocycles. The zero-order valence-electron chi connectivity index (χ0n) is 25.4. The van der Waals surface area contributed by atoms with Gasteiger partial charge in [0.1, 0.15) is 18.5 Å². The number of ether oxygens (including phenoxy) is 1. The third kappa shape index (κ3) is 5.91. The van der Waals surface area contributed by atoms with Crippen molar-refractivity contribution in [1.29, 1.82) is 5.26 Å². The molecule has 1 amide bonds. The van der Waals surface area contributed by atoms with Gasteiger partial charge >= 0.3 is 6.01 Å². The van der Waals surface area contributed by atoms with Crippen LogP contribution in [0.4, 0.5) is 11.5 Å². The summed E-state index contributed by atoms with van der Waals surface area (Å²) in [5.41, 5.74) is 4.52. The second-order valence-electron chi connectivity index (χ2n) is 11.9. The Morgan fingerprint density at radius 1 is 1.14 bits per heavy atom. The topological polar surface area (TPSA) is 93.2 Å². The van der Waals surface area contributed by atoms with E-state index in [-0.39, 0.29) is 18.5 Å². The summed E-state index contributed by atoms with van der Waals surface area (Å²) in [6, 6.07) is 15.2. The molecule has 10 heteroatoms. The van der Waals surface area contributed by atoms with E-state index in [0.29, 0.717) is 44.8 Å². The van der Waals surface area contributed by atoms with Crippen LogP contribution in [0, 0.1) is 24.8 Å². The van der Waals surface area contributed by atoms with E-state index in [0.717, 1.165) is 49.4 Å². The highest BCUT2D eigenvalue weighted by atomic mass is 16.5. The lowest BCUT2D eigenvalue weighted by Gasteiger charge is -2.41. The van der Waals surface area contributed by atoms with E-state index in [1.165, 1.54) is 34.2 Å². The lowest BCUT2D eigenvalue weighted by molar-refractivity contribution is -0.128. The minimum Gasteiger partial charge on any atom is -0.462 e. The Kier molecular flexibility index (Phi) is 8.63. The van der Waals surface area contributed by atoms with Crippen LogP contribution in [0.15, 0.2) is 48.6 Å². The van der Waals surface area contributed by atoms with Crippen molar-refractivity contribution in [2.45, 2.75) is 44.8 Å². The Labute approximate surface area is 259 Å². The van der Waals surface area contributed by atoms with Gasteiger partial charge in [-0.1, -0.05) is 30.3 Å². The highest BCUT2D eigenvalue weighted by Gasteiger charge is 2.35. The van der Waals surface area contributed by atoms with Gasteiger partial charge in [-0.15, -0.1) is 0 Å². The summed E-state index contributed by atoms with van der Waals surface area (Å²) in [7, 11) is 2.13. The zero-order chi connectivity index (χ0) is 30.6. The number of amides is 1. The second-order valence-corrected chi connectivity index (χ2v) is 11.9. The van der Waals surface area contributed by atoms with Gasteiger partial charge in [-0.25, -0.2) is 6.57 Å². The molecule has 0 saturated carbocycles. The molecule has 3 aliphatic heterocycles. The van der Waals surface area contributed by atoms with Crippen LogP contribution in [-0.4, -0.2) is 90.7 Å². The number of benzene rings is 2. The predicted molar refractivity (Wildman–Crippen MR) is 171 cm³/mol. The number of fused-ring (bicyclic) bond motifs is 2. The van der Waals surface area contributed by atoms with E-state index in [1.54, 1.807) is 4.90 Å². The van der Waals surface area contributed by atoms with Gasteiger partial charge in [-0.05, 0) is 56.8 Å². The Balaban J connectivity index is 1.33. The molecule has 2 saturated heterocycles. The average Bonchev–Trinajstić information content (AvgIpc) is 3.46. The van der Waals surface area contributed by atoms with Crippen LogP contribution in [0.3, 0.4) is 0 Å². The molecular formula is C34H38N8O2. The molecule has 226 valence electrons. The van der Waals surface area contributed by atoms with E-state index < -0.39 is 0 Å². The molecule has 1 aromatic heterocycles. The van der Waals surface area contributed by atoms with Crippen molar-refractivity contribution >= 4 is 28.2 Å². The van der Waals surface area contributed by atoms with E-state index in [9.17, 15) is 4.79 Å². The van der Waals surface area contributed by atoms with Crippen LogP contribution in [0.25, 0.3) is 15.6 Å². The van der Waals surface area contributed by atoms with E-state index >= 15 is 0 Å². The number of nitriles is 1. The normalized spacial score (nSPS) is 20.5. The molecule has 44 heavy (non-hydrogen) atoms. The fraction of sp³-hybridized carbons (Fsp3) is 0.441. The minimum absolute atomic E-state index is 0.182. The van der Waals surface area contributed by atoms with Gasteiger partial charge in [0.2, 0.25) is 12.5 Å². The maximum absolute atomic E-state index is 12.8. The Morgan fingerprint density at radius 3 is 2.75 bits per heavy atom. The summed E-state index contributed by atoms with van der Waals surface area (Å²) in [6.45, 7) is 14.4. The molecule has 10 nitrogen and oxygen atoms in total. The molecular weight excluding hydrogens is 552 g/mol. The minimum atomic E-state index is -0.307. The van der Waals surface area contributed by atoms with Crippen LogP contribution >= 0.6 is 0 Å². The first-order valence-electron chi connectivity index (χ1n) is 15.4. The van der Waals surface area contributed by atoms with Gasteiger partial charge in [-0.3, -0.25) is 4.79 Å². The third-order valence-corrected chi connectivity index (χ3v) is 9.20. The van der Waals surface area contributed by atoms with Gasteiger partial charge in [0, 0.05) is 61.0 Å². The highest BCUT2D eigenvalue weighted by Crippen LogP contribution is 2.36. The first kappa shape index (κ1) is 29.4. The van der Waals surface area contributed by atoms with Crippen molar-refractivity contribution in [3.8, 4) is 12.1 Å². The fourth-order valence-electron chi connectivity index (χ4n) is 6.85. The molecule has 0 radical (unpaired) electrons. The van der Waals surface area contributed by atoms with Crippen molar-refractivity contribution < 1.29 is 9.53 Å². The number of aromatic nitrogens is 2. The zero-order valence-corrected chi connectivity index (χ0v) is 25.4. The average molecular weight is 591 g/mol. The highest BCUT2D eigenvalue weighted by molar-refractivity contribution is 5.97. The number of likely N-dealkylation sites (N-methyl/N-ethyl adjacent to an activating group) is 1. The molecule has 2 aromatic carbocycles. The second kappa shape index (κ2) is 12.9. The number of hydrogen-bond acceptors (Lipinski definition) is 8. The number of allylic oxidation sites excluding steroid dienone is 1. The van der Waals surface area contributed by atoms with Crippen LogP contribution in [0.5, 0.6) is 6.01 Å². The monoisotopic (exact) mass is 590 g/mol. The number of piperazine rings is 1. The quantitative estimate of drug-likeness (QED) is 0.232. The van der Waals surface area contributed by atoms with Crippen molar-refractivity contribution in [3.05, 3.63) is 76.8 Å². The molecule has 4 heterocycles. The van der Waals surface area contributed by atoms with E-state index in [4.69, 9.17) is 26.5 Å². The first-order valence-corrected chi connectivity index (χ1v) is 15.4. The van der Waals surface area contributed by atoms with Gasteiger partial charge in [0.05, 0.1) is 18.3 Å². The fourth-order valence-corrected chi connectivity index (χ4v) is 6.85. The van der Waals surface area contributed by atoms with Crippen molar-refractivity contribution in [1.82, 2.24) is 19.8 Å². The Hall–Kier alpha value is -4.67. The van der Waals surface area contributed by atoms with Gasteiger partial charge < -0.3 is 29.2 Å². The number of likely N-dealkylation sites (tertiary alicyclic amines) is 1. The van der Waals surface area contributed by atoms with Crippen molar-refractivity contribution in [2.24, 2.45) is 0 Å². The number of hydrogen-bond donors (Lipinski definition) is 0. The Morgan fingerprint density at radius 2 is 1.98 bits per heavy atom. The maximum atomic E-state index is 12.8. The number of anilines is 2. The summed E-state index contributed by atoms with van der Waals surface area (Å²) in [6.07, 6.45) is 5.51. The summed E-state index contributed by atoms with van der Waals surface area (Å²) in [4.78, 5) is 35.1. The number of carbonyl (C=O) groups is 1. The molecule has 2 atom stereocenters. The summed E-state index contributed by atoms with van der Waals surface area (Å²) in [5, 5.41) is 11.4. The van der Waals surface area contributed by atoms with Gasteiger partial charge in [0.15, 0.2) is 0 Å². The summed E-state index contributed by atoms with van der Waals surface area (Å²) in [5.74, 6) is 0.600. The molecule has 3 aromatic rings. The van der Waals surface area contributed by atoms with Crippen LogP contribution in [0.2, 0.25) is 0 Å². The number of rotatable bonds is 7. The standard InChI is InChI=1S/C34H38N8O2/c1-24-8-4-9-25-10-5-12-30(32(24)25)40-17-14-28-29(22-40)37-34(44-23-26-11-7-16-39(26)3)38-33(28)41-18-19-42(27(21-41)20-36-2)31(43)13-6-15-35/h4-6,8-10,12-13,26-27H,7,11,14,16-23H2,1,3H3/b13-6-/t26-,27-/m0/s1. The number of nitrogens with zero attached hydrogens (tertiary/aromatic N) is 8. The first-order chi connectivity index (χ1) is 21.5. The Bertz CT molecular complexity index is 1650. The number of carbonyl (C=O) groups excluding carboxylic acids is 1. The van der Waals surface area contributed by atoms with Crippen molar-refractivity contribution in [3.63, 3.8) is 0 Å². The lowest BCUT2D eigenvalue weighted by Crippen LogP contribution is -2.56. The smallest absolute Gasteiger partial charge is 0.318 e. The van der Waals surface area contributed by atoms with Gasteiger partial charge in [0.25, 0.3) is 0 Å². The maximum Gasteiger partial charge on any atom is 0.318 e. The molecule has 6 rings (SSSR count). The number of aryl methyl sites for hydroxylation is 1. The molecule has 3 aliphatic rings. The third-order valence-electron chi connectivity index (χ3n) is 9.20. The lowest BCUT2D eigenvalue weighted by atomic mass is 9.99. The molecule has 0 unspecified atom stereocenters. The predicted octanol–water partition coefficient (Wildman–Crippen LogP) is 3.99. The van der Waals surface area contributed by atoms with Crippen LogP contribution in [-0.2, 0) is 17.8 Å². The van der Waals surface area contributed by atoms with Crippen LogP contribution < -0.4 is 14.5 Å². The summed E-state index contributed by atoms with van der Waals surface area (Å²) < 4.78 is 6.30. The van der Waals surface area contributed by atoms with Crippen LogP contribution in [0.1, 0.15) is 29.7 Å². The molecule has 0 bridgehead atoms. The SMILES string of the molecule is [C-]#[N+]C[C@H]1CN(c2nc(OC[C@@H]3CCCN3C)nc3c2CCN(c2cccc4cccc(C)c24)C3)CCN1C(=O)/C=C\C#N. The van der Waals surface area contributed by atoms with Gasteiger partial charge in [-0.2, -0.15) is 15.2 Å². The largest absolute Gasteiger partial charge is 0.462 e. The molecule has 0 N–H and O–H groups in total. The van der Waals surface area contributed by atoms with Crippen molar-refractivity contribution in [2.75, 3.05) is 62.7 Å². The summed E-state index contributed by atoms with van der Waals surface area (Å²) >= 11 is 0. The van der Waals surface area contributed by atoms with E-state index in [1.807, 2.05) is 6.07 Å². The van der Waals surface area contributed by atoms with E-state index in [2.05, 4.69) is 69.9 Å².